The van der Waals surface area contributed by atoms with Crippen LogP contribution in [0.25, 0.3) is 0 Å². The molecule has 2 N–H and O–H groups in total. The van der Waals surface area contributed by atoms with Crippen LogP contribution < -0.4 is 10.6 Å². The van der Waals surface area contributed by atoms with E-state index in [0.717, 1.165) is 18.0 Å². The number of carbonyl (C=O) groups is 2. The number of ether oxygens (including phenoxy) is 1. The van der Waals surface area contributed by atoms with Crippen LogP contribution in [0.2, 0.25) is 0 Å². The Kier molecular flexibility index (Phi) is 4.74. The van der Waals surface area contributed by atoms with Gasteiger partial charge in [-0.3, -0.25) is 4.79 Å². The Hall–Kier alpha value is -1.88. The van der Waals surface area contributed by atoms with Gasteiger partial charge in [0.15, 0.2) is 0 Å². The zero-order valence-corrected chi connectivity index (χ0v) is 11.9. The lowest BCUT2D eigenvalue weighted by molar-refractivity contribution is -0.115. The molecule has 0 unspecified atom stereocenters. The second-order valence-corrected chi connectivity index (χ2v) is 5.16. The first-order chi connectivity index (χ1) is 9.60. The standard InChI is InChI=1S/C15H20N2O3/c1-10-3-6-13(12(7-10)15(19)20-2)17-14(18)9-16-8-11-4-5-11/h3,6-7,11,16H,4-5,8-9H2,1-2H3,(H,17,18). The molecule has 1 aliphatic carbocycles. The molecule has 1 aromatic rings. The highest BCUT2D eigenvalue weighted by Gasteiger charge is 2.21. The molecule has 108 valence electrons. The van der Waals surface area contributed by atoms with Crippen molar-refractivity contribution in [2.45, 2.75) is 19.8 Å². The fraction of sp³-hybridized carbons (Fsp3) is 0.467. The first-order valence-electron chi connectivity index (χ1n) is 6.79. The van der Waals surface area contributed by atoms with Gasteiger partial charge < -0.3 is 15.4 Å². The predicted octanol–water partition coefficient (Wildman–Crippen LogP) is 1.72. The van der Waals surface area contributed by atoms with Crippen molar-refractivity contribution in [1.29, 1.82) is 0 Å². The fourth-order valence-electron chi connectivity index (χ4n) is 1.95. The minimum atomic E-state index is -0.449. The predicted molar refractivity (Wildman–Crippen MR) is 76.7 cm³/mol. The zero-order valence-electron chi connectivity index (χ0n) is 11.9. The zero-order chi connectivity index (χ0) is 14.5. The summed E-state index contributed by atoms with van der Waals surface area (Å²) in [5.41, 5.74) is 1.80. The van der Waals surface area contributed by atoms with Crippen LogP contribution in [0.3, 0.4) is 0 Å². The monoisotopic (exact) mass is 276 g/mol. The van der Waals surface area contributed by atoms with Crippen molar-refractivity contribution in [3.63, 3.8) is 0 Å². The van der Waals surface area contributed by atoms with E-state index in [2.05, 4.69) is 10.6 Å². The van der Waals surface area contributed by atoms with Gasteiger partial charge in [-0.05, 0) is 44.4 Å². The van der Waals surface area contributed by atoms with E-state index in [1.165, 1.54) is 20.0 Å². The number of rotatable bonds is 6. The minimum Gasteiger partial charge on any atom is -0.465 e. The molecule has 1 fully saturated rings. The molecule has 1 aromatic carbocycles. The maximum atomic E-state index is 11.8. The van der Waals surface area contributed by atoms with Crippen molar-refractivity contribution in [2.24, 2.45) is 5.92 Å². The van der Waals surface area contributed by atoms with Gasteiger partial charge in [0.2, 0.25) is 5.91 Å². The Morgan fingerprint density at radius 2 is 2.10 bits per heavy atom. The van der Waals surface area contributed by atoms with Gasteiger partial charge in [0, 0.05) is 0 Å². The Balaban J connectivity index is 1.96. The lowest BCUT2D eigenvalue weighted by atomic mass is 10.1. The van der Waals surface area contributed by atoms with Gasteiger partial charge in [0.05, 0.1) is 24.9 Å². The number of amides is 1. The summed E-state index contributed by atoms with van der Waals surface area (Å²) >= 11 is 0. The van der Waals surface area contributed by atoms with E-state index in [4.69, 9.17) is 4.74 Å². The Morgan fingerprint density at radius 1 is 1.35 bits per heavy atom. The molecule has 20 heavy (non-hydrogen) atoms. The normalized spacial score (nSPS) is 13.9. The van der Waals surface area contributed by atoms with Gasteiger partial charge in [-0.1, -0.05) is 11.6 Å². The number of carbonyl (C=O) groups excluding carboxylic acids is 2. The molecule has 1 saturated carbocycles. The third-order valence-electron chi connectivity index (χ3n) is 3.27. The maximum absolute atomic E-state index is 11.8. The molecule has 5 heteroatoms. The van der Waals surface area contributed by atoms with Gasteiger partial charge >= 0.3 is 5.97 Å². The van der Waals surface area contributed by atoms with Gasteiger partial charge in [0.1, 0.15) is 0 Å². The molecule has 0 bridgehead atoms. The van der Waals surface area contributed by atoms with Crippen LogP contribution in [0, 0.1) is 12.8 Å². The second kappa shape index (κ2) is 6.52. The molecule has 0 aliphatic heterocycles. The first kappa shape index (κ1) is 14.5. The molecule has 0 spiro atoms. The van der Waals surface area contributed by atoms with Crippen molar-refractivity contribution >= 4 is 17.6 Å². The molecule has 2 rings (SSSR count). The molecule has 1 amide bonds. The lowest BCUT2D eigenvalue weighted by Crippen LogP contribution is -2.30. The van der Waals surface area contributed by atoms with Gasteiger partial charge in [-0.2, -0.15) is 0 Å². The molecular weight excluding hydrogens is 256 g/mol. The summed E-state index contributed by atoms with van der Waals surface area (Å²) in [7, 11) is 1.33. The van der Waals surface area contributed by atoms with E-state index in [9.17, 15) is 9.59 Å². The van der Waals surface area contributed by atoms with Crippen molar-refractivity contribution in [2.75, 3.05) is 25.5 Å². The van der Waals surface area contributed by atoms with E-state index in [0.29, 0.717) is 11.3 Å². The second-order valence-electron chi connectivity index (χ2n) is 5.16. The average molecular weight is 276 g/mol. The van der Waals surface area contributed by atoms with Crippen LogP contribution in [0.5, 0.6) is 0 Å². The number of anilines is 1. The summed E-state index contributed by atoms with van der Waals surface area (Å²) in [6.07, 6.45) is 2.50. The maximum Gasteiger partial charge on any atom is 0.339 e. The van der Waals surface area contributed by atoms with Gasteiger partial charge in [-0.15, -0.1) is 0 Å². The topological polar surface area (TPSA) is 67.4 Å². The first-order valence-corrected chi connectivity index (χ1v) is 6.79. The summed E-state index contributed by atoms with van der Waals surface area (Å²) in [5.74, 6) is 0.127. The van der Waals surface area contributed by atoms with E-state index >= 15 is 0 Å². The van der Waals surface area contributed by atoms with Crippen molar-refractivity contribution < 1.29 is 14.3 Å². The van der Waals surface area contributed by atoms with Crippen LogP contribution >= 0.6 is 0 Å². The van der Waals surface area contributed by atoms with Crippen LogP contribution in [-0.4, -0.2) is 32.1 Å². The van der Waals surface area contributed by atoms with Crippen molar-refractivity contribution in [1.82, 2.24) is 5.32 Å². The van der Waals surface area contributed by atoms with E-state index < -0.39 is 5.97 Å². The number of benzene rings is 1. The van der Waals surface area contributed by atoms with E-state index in [1.807, 2.05) is 13.0 Å². The molecule has 1 aliphatic rings. The number of aryl methyl sites for hydroxylation is 1. The highest BCUT2D eigenvalue weighted by atomic mass is 16.5. The van der Waals surface area contributed by atoms with E-state index in [-0.39, 0.29) is 12.5 Å². The largest absolute Gasteiger partial charge is 0.465 e. The highest BCUT2D eigenvalue weighted by Crippen LogP contribution is 2.27. The molecular formula is C15H20N2O3. The summed E-state index contributed by atoms with van der Waals surface area (Å²) < 4.78 is 4.73. The van der Waals surface area contributed by atoms with Crippen molar-refractivity contribution in [3.05, 3.63) is 29.3 Å². The minimum absolute atomic E-state index is 0.153. The third kappa shape index (κ3) is 4.06. The van der Waals surface area contributed by atoms with Crippen LogP contribution in [0.15, 0.2) is 18.2 Å². The highest BCUT2D eigenvalue weighted by molar-refractivity contribution is 6.01. The SMILES string of the molecule is COC(=O)c1cc(C)ccc1NC(=O)CNCC1CC1. The van der Waals surface area contributed by atoms with Crippen LogP contribution in [0.1, 0.15) is 28.8 Å². The average Bonchev–Trinajstić information content (AvgIpc) is 3.24. The summed E-state index contributed by atoms with van der Waals surface area (Å²) in [4.78, 5) is 23.5. The molecule has 0 saturated heterocycles. The Morgan fingerprint density at radius 3 is 2.75 bits per heavy atom. The van der Waals surface area contributed by atoms with Gasteiger partial charge in [-0.25, -0.2) is 4.79 Å². The quantitative estimate of drug-likeness (QED) is 0.776. The Labute approximate surface area is 118 Å². The number of esters is 1. The van der Waals surface area contributed by atoms with Crippen LogP contribution in [0.4, 0.5) is 5.69 Å². The molecule has 0 radical (unpaired) electrons. The Bertz CT molecular complexity index is 510. The fourth-order valence-corrected chi connectivity index (χ4v) is 1.95. The molecule has 0 atom stereocenters. The number of hydrogen-bond donors (Lipinski definition) is 2. The summed E-state index contributed by atoms with van der Waals surface area (Å²) in [5, 5.41) is 5.86. The summed E-state index contributed by atoms with van der Waals surface area (Å²) in [6.45, 7) is 3.02. The molecule has 5 nitrogen and oxygen atoms in total. The van der Waals surface area contributed by atoms with Gasteiger partial charge in [0.25, 0.3) is 0 Å². The number of nitrogens with one attached hydrogen (secondary N) is 2. The number of hydrogen-bond acceptors (Lipinski definition) is 4. The third-order valence-corrected chi connectivity index (χ3v) is 3.27. The van der Waals surface area contributed by atoms with Crippen molar-refractivity contribution in [3.8, 4) is 0 Å². The van der Waals surface area contributed by atoms with Crippen LogP contribution in [-0.2, 0) is 9.53 Å². The molecule has 0 aromatic heterocycles. The summed E-state index contributed by atoms with van der Waals surface area (Å²) in [6, 6.07) is 5.28. The van der Waals surface area contributed by atoms with E-state index in [1.54, 1.807) is 12.1 Å². The molecule has 0 heterocycles. The smallest absolute Gasteiger partial charge is 0.339 e. The lowest BCUT2D eigenvalue weighted by Gasteiger charge is -2.11. The number of methoxy groups -OCH3 is 1.